The van der Waals surface area contributed by atoms with E-state index in [0.717, 1.165) is 30.9 Å². The van der Waals surface area contributed by atoms with Gasteiger partial charge in [-0.3, -0.25) is 4.79 Å². The Labute approximate surface area is 112 Å². The highest BCUT2D eigenvalue weighted by Crippen LogP contribution is 2.35. The van der Waals surface area contributed by atoms with E-state index in [2.05, 4.69) is 12.2 Å². The van der Waals surface area contributed by atoms with Crippen LogP contribution in [-0.4, -0.2) is 43.3 Å². The van der Waals surface area contributed by atoms with Crippen molar-refractivity contribution in [3.05, 3.63) is 23.3 Å². The third kappa shape index (κ3) is 2.26. The Morgan fingerprint density at radius 3 is 2.84 bits per heavy atom. The van der Waals surface area contributed by atoms with E-state index in [4.69, 9.17) is 9.47 Å². The van der Waals surface area contributed by atoms with Gasteiger partial charge in [0.05, 0.1) is 0 Å². The first-order valence-electron chi connectivity index (χ1n) is 6.58. The topological polar surface area (TPSA) is 50.8 Å². The summed E-state index contributed by atoms with van der Waals surface area (Å²) in [5.41, 5.74) is 1.64. The van der Waals surface area contributed by atoms with Gasteiger partial charge in [0, 0.05) is 31.2 Å². The van der Waals surface area contributed by atoms with Crippen molar-refractivity contribution in [3.63, 3.8) is 0 Å². The molecule has 1 amide bonds. The summed E-state index contributed by atoms with van der Waals surface area (Å²) in [6.45, 7) is 6.59. The van der Waals surface area contributed by atoms with Crippen LogP contribution in [0, 0.1) is 6.92 Å². The maximum atomic E-state index is 12.6. The zero-order valence-corrected chi connectivity index (χ0v) is 11.2. The van der Waals surface area contributed by atoms with Crippen LogP contribution in [0.4, 0.5) is 0 Å². The lowest BCUT2D eigenvalue weighted by Crippen LogP contribution is -2.51. The molecule has 1 unspecified atom stereocenters. The first-order valence-corrected chi connectivity index (χ1v) is 6.58. The minimum Gasteiger partial charge on any atom is -0.454 e. The van der Waals surface area contributed by atoms with E-state index >= 15 is 0 Å². The number of carbonyl (C=O) groups is 1. The predicted molar refractivity (Wildman–Crippen MR) is 70.7 cm³/mol. The molecule has 102 valence electrons. The van der Waals surface area contributed by atoms with Crippen molar-refractivity contribution in [2.45, 2.75) is 19.9 Å². The second kappa shape index (κ2) is 4.74. The van der Waals surface area contributed by atoms with E-state index < -0.39 is 0 Å². The standard InChI is InChI=1S/C14H18N2O3/c1-9-5-12-13(19-8-18-12)6-11(9)14(17)16-4-3-15-10(2)7-16/h5-6,10,15H,3-4,7-8H2,1-2H3. The molecule has 0 aromatic heterocycles. The highest BCUT2D eigenvalue weighted by molar-refractivity contribution is 5.96. The van der Waals surface area contributed by atoms with Crippen LogP contribution < -0.4 is 14.8 Å². The molecule has 0 aliphatic carbocycles. The number of amides is 1. The van der Waals surface area contributed by atoms with Gasteiger partial charge in [0.1, 0.15) is 0 Å². The van der Waals surface area contributed by atoms with E-state index in [-0.39, 0.29) is 12.7 Å². The number of piperazine rings is 1. The maximum absolute atomic E-state index is 12.6. The van der Waals surface area contributed by atoms with Gasteiger partial charge in [-0.1, -0.05) is 0 Å². The van der Waals surface area contributed by atoms with Crippen molar-refractivity contribution in [2.75, 3.05) is 26.4 Å². The van der Waals surface area contributed by atoms with Gasteiger partial charge in [-0.25, -0.2) is 0 Å². The molecule has 2 aliphatic heterocycles. The van der Waals surface area contributed by atoms with E-state index in [1.165, 1.54) is 0 Å². The number of fused-ring (bicyclic) bond motifs is 1. The zero-order valence-electron chi connectivity index (χ0n) is 11.2. The SMILES string of the molecule is Cc1cc2c(cc1C(=O)N1CCNC(C)C1)OCO2. The molecule has 3 rings (SSSR count). The summed E-state index contributed by atoms with van der Waals surface area (Å²) in [7, 11) is 0. The van der Waals surface area contributed by atoms with E-state index in [1.807, 2.05) is 17.9 Å². The molecule has 1 fully saturated rings. The Bertz CT molecular complexity index is 516. The Kier molecular flexibility index (Phi) is 3.06. The highest BCUT2D eigenvalue weighted by Gasteiger charge is 2.25. The third-order valence-corrected chi connectivity index (χ3v) is 3.61. The van der Waals surface area contributed by atoms with E-state index in [9.17, 15) is 4.79 Å². The number of ether oxygens (including phenoxy) is 2. The van der Waals surface area contributed by atoms with Crippen molar-refractivity contribution < 1.29 is 14.3 Å². The van der Waals surface area contributed by atoms with Crippen LogP contribution in [0.2, 0.25) is 0 Å². The van der Waals surface area contributed by atoms with Crippen LogP contribution in [0.5, 0.6) is 11.5 Å². The van der Waals surface area contributed by atoms with Crippen molar-refractivity contribution in [1.29, 1.82) is 0 Å². The second-order valence-electron chi connectivity index (χ2n) is 5.13. The fourth-order valence-electron chi connectivity index (χ4n) is 2.56. The van der Waals surface area contributed by atoms with Gasteiger partial charge < -0.3 is 19.7 Å². The Hall–Kier alpha value is -1.75. The minimum atomic E-state index is 0.0733. The lowest BCUT2D eigenvalue weighted by Gasteiger charge is -2.32. The first kappa shape index (κ1) is 12.3. The average Bonchev–Trinajstić information content (AvgIpc) is 2.84. The second-order valence-corrected chi connectivity index (χ2v) is 5.13. The number of nitrogens with one attached hydrogen (secondary N) is 1. The fraction of sp³-hybridized carbons (Fsp3) is 0.500. The van der Waals surface area contributed by atoms with Gasteiger partial charge in [-0.05, 0) is 31.5 Å². The molecule has 1 aromatic carbocycles. The van der Waals surface area contributed by atoms with Crippen molar-refractivity contribution in [2.24, 2.45) is 0 Å². The van der Waals surface area contributed by atoms with Crippen molar-refractivity contribution in [1.82, 2.24) is 10.2 Å². The Morgan fingerprint density at radius 1 is 1.37 bits per heavy atom. The molecule has 5 nitrogen and oxygen atoms in total. The van der Waals surface area contributed by atoms with Gasteiger partial charge in [0.25, 0.3) is 5.91 Å². The van der Waals surface area contributed by atoms with Gasteiger partial charge in [0.15, 0.2) is 11.5 Å². The molecule has 0 bridgehead atoms. The monoisotopic (exact) mass is 262 g/mol. The van der Waals surface area contributed by atoms with Crippen molar-refractivity contribution >= 4 is 5.91 Å². The smallest absolute Gasteiger partial charge is 0.254 e. The summed E-state index contributed by atoms with van der Waals surface area (Å²) in [6, 6.07) is 4.01. The van der Waals surface area contributed by atoms with Crippen LogP contribution in [0.15, 0.2) is 12.1 Å². The summed E-state index contributed by atoms with van der Waals surface area (Å²) in [5.74, 6) is 1.46. The maximum Gasteiger partial charge on any atom is 0.254 e. The molecule has 0 radical (unpaired) electrons. The van der Waals surface area contributed by atoms with Crippen LogP contribution >= 0.6 is 0 Å². The number of nitrogens with zero attached hydrogens (tertiary/aromatic N) is 1. The molecule has 2 aliphatic rings. The molecule has 0 spiro atoms. The number of benzene rings is 1. The molecule has 19 heavy (non-hydrogen) atoms. The number of rotatable bonds is 1. The first-order chi connectivity index (χ1) is 9.15. The fourth-order valence-corrected chi connectivity index (χ4v) is 2.56. The minimum absolute atomic E-state index is 0.0733. The molecule has 1 aromatic rings. The van der Waals surface area contributed by atoms with E-state index in [0.29, 0.717) is 17.4 Å². The number of carbonyl (C=O) groups excluding carboxylic acids is 1. The quantitative estimate of drug-likeness (QED) is 0.825. The van der Waals surface area contributed by atoms with Crippen LogP contribution in [0.25, 0.3) is 0 Å². The average molecular weight is 262 g/mol. The summed E-state index contributed by atoms with van der Waals surface area (Å²) in [6.07, 6.45) is 0. The molecular formula is C14H18N2O3. The Morgan fingerprint density at radius 2 is 2.11 bits per heavy atom. The predicted octanol–water partition coefficient (Wildman–Crippen LogP) is 1.16. The summed E-state index contributed by atoms with van der Waals surface area (Å²) >= 11 is 0. The van der Waals surface area contributed by atoms with Gasteiger partial charge in [-0.15, -0.1) is 0 Å². The van der Waals surface area contributed by atoms with Gasteiger partial charge >= 0.3 is 0 Å². The third-order valence-electron chi connectivity index (χ3n) is 3.61. The number of hydrogen-bond donors (Lipinski definition) is 1. The molecule has 1 saturated heterocycles. The summed E-state index contributed by atoms with van der Waals surface area (Å²) in [5, 5.41) is 3.34. The summed E-state index contributed by atoms with van der Waals surface area (Å²) in [4.78, 5) is 14.5. The van der Waals surface area contributed by atoms with E-state index in [1.54, 1.807) is 6.07 Å². The van der Waals surface area contributed by atoms with Gasteiger partial charge in [-0.2, -0.15) is 0 Å². The largest absolute Gasteiger partial charge is 0.454 e. The number of hydrogen-bond acceptors (Lipinski definition) is 4. The molecule has 2 heterocycles. The molecule has 5 heteroatoms. The summed E-state index contributed by atoms with van der Waals surface area (Å²) < 4.78 is 10.7. The van der Waals surface area contributed by atoms with Crippen LogP contribution in [-0.2, 0) is 0 Å². The zero-order chi connectivity index (χ0) is 13.4. The number of aryl methyl sites for hydroxylation is 1. The highest BCUT2D eigenvalue weighted by atomic mass is 16.7. The molecular weight excluding hydrogens is 244 g/mol. The lowest BCUT2D eigenvalue weighted by atomic mass is 10.1. The van der Waals surface area contributed by atoms with Gasteiger partial charge in [0.2, 0.25) is 6.79 Å². The van der Waals surface area contributed by atoms with Crippen LogP contribution in [0.3, 0.4) is 0 Å². The molecule has 0 saturated carbocycles. The molecule has 1 atom stereocenters. The lowest BCUT2D eigenvalue weighted by molar-refractivity contribution is 0.0708. The molecule has 1 N–H and O–H groups in total. The van der Waals surface area contributed by atoms with Crippen molar-refractivity contribution in [3.8, 4) is 11.5 Å². The normalized spacial score (nSPS) is 21.6. The van der Waals surface area contributed by atoms with Crippen LogP contribution in [0.1, 0.15) is 22.8 Å². The Balaban J connectivity index is 1.87.